The molecule has 2 N–H and O–H groups in total. The Morgan fingerprint density at radius 3 is 2.22 bits per heavy atom. The van der Waals surface area contributed by atoms with Crippen molar-refractivity contribution in [3.63, 3.8) is 0 Å². The van der Waals surface area contributed by atoms with Crippen LogP contribution < -0.4 is 5.32 Å². The van der Waals surface area contributed by atoms with Gasteiger partial charge >= 0.3 is 5.97 Å². The summed E-state index contributed by atoms with van der Waals surface area (Å²) in [7, 11) is -1.71. The highest BCUT2D eigenvalue weighted by Crippen LogP contribution is 2.14. The van der Waals surface area contributed by atoms with Crippen molar-refractivity contribution in [2.45, 2.75) is 51.0 Å². The van der Waals surface area contributed by atoms with E-state index in [1.165, 1.54) is 6.92 Å². The summed E-state index contributed by atoms with van der Waals surface area (Å²) in [4.78, 5) is 22.8. The molecule has 0 spiro atoms. The molecule has 0 aromatic heterocycles. The predicted molar refractivity (Wildman–Crippen MR) is 71.8 cm³/mol. The maximum atomic E-state index is 12.1. The number of carboxylic acids is 1. The van der Waals surface area contributed by atoms with Gasteiger partial charge in [-0.2, -0.15) is 0 Å². The second-order valence-electron chi connectivity index (χ2n) is 4.62. The molecule has 0 fully saturated rings. The molecule has 0 rings (SSSR count). The Balaban J connectivity index is 4.56. The Morgan fingerprint density at radius 1 is 1.28 bits per heavy atom. The number of carboxylic acid groups (broad SMARTS) is 1. The molecule has 0 bridgehead atoms. The lowest BCUT2D eigenvalue weighted by Crippen LogP contribution is -2.43. The van der Waals surface area contributed by atoms with Crippen molar-refractivity contribution in [3.8, 4) is 0 Å². The lowest BCUT2D eigenvalue weighted by Gasteiger charge is -2.20. The standard InChI is InChI=1S/C12H23NO4S/c1-5-6-7-13-11(14)9(4)18(17)10(8(2)3)12(15)16/h8-10H,5-7H2,1-4H3,(H,13,14)(H,15,16). The van der Waals surface area contributed by atoms with E-state index in [0.717, 1.165) is 12.8 Å². The van der Waals surface area contributed by atoms with Crippen molar-refractivity contribution < 1.29 is 18.9 Å². The van der Waals surface area contributed by atoms with Gasteiger partial charge in [-0.05, 0) is 19.3 Å². The van der Waals surface area contributed by atoms with Gasteiger partial charge in [-0.15, -0.1) is 0 Å². The Kier molecular flexibility index (Phi) is 7.82. The zero-order valence-electron chi connectivity index (χ0n) is 11.4. The predicted octanol–water partition coefficient (Wildman–Crippen LogP) is 1.15. The number of aliphatic carboxylic acids is 1. The van der Waals surface area contributed by atoms with Gasteiger partial charge in [-0.1, -0.05) is 27.2 Å². The lowest BCUT2D eigenvalue weighted by molar-refractivity contribution is -0.137. The molecular formula is C12H23NO4S. The maximum Gasteiger partial charge on any atom is 0.319 e. The Bertz CT molecular complexity index is 317. The molecule has 0 saturated carbocycles. The summed E-state index contributed by atoms with van der Waals surface area (Å²) in [6, 6.07) is 0. The summed E-state index contributed by atoms with van der Waals surface area (Å²) >= 11 is 0. The molecular weight excluding hydrogens is 254 g/mol. The first-order valence-electron chi connectivity index (χ1n) is 6.22. The van der Waals surface area contributed by atoms with Crippen LogP contribution in [0, 0.1) is 5.92 Å². The third-order valence-corrected chi connectivity index (χ3v) is 4.80. The van der Waals surface area contributed by atoms with Gasteiger partial charge in [0.25, 0.3) is 0 Å². The van der Waals surface area contributed by atoms with Gasteiger partial charge in [0.2, 0.25) is 5.91 Å². The minimum Gasteiger partial charge on any atom is -0.480 e. The van der Waals surface area contributed by atoms with Crippen molar-refractivity contribution in [3.05, 3.63) is 0 Å². The van der Waals surface area contributed by atoms with Crippen LogP contribution >= 0.6 is 0 Å². The SMILES string of the molecule is CCCCNC(=O)C(C)S(=O)C(C(=O)O)C(C)C. The molecule has 3 unspecified atom stereocenters. The highest BCUT2D eigenvalue weighted by atomic mass is 32.2. The van der Waals surface area contributed by atoms with Crippen molar-refractivity contribution in [1.29, 1.82) is 0 Å². The summed E-state index contributed by atoms with van der Waals surface area (Å²) in [6.45, 7) is 7.44. The highest BCUT2D eigenvalue weighted by Gasteiger charge is 2.34. The quantitative estimate of drug-likeness (QED) is 0.652. The van der Waals surface area contributed by atoms with Gasteiger partial charge in [-0.3, -0.25) is 13.8 Å². The van der Waals surface area contributed by atoms with Gasteiger partial charge in [0.05, 0.1) is 0 Å². The van der Waals surface area contributed by atoms with Crippen LogP contribution in [-0.4, -0.2) is 38.2 Å². The Morgan fingerprint density at radius 2 is 1.83 bits per heavy atom. The molecule has 18 heavy (non-hydrogen) atoms. The second kappa shape index (κ2) is 8.24. The first-order valence-corrected chi connectivity index (χ1v) is 7.50. The van der Waals surface area contributed by atoms with E-state index in [0.29, 0.717) is 6.54 Å². The molecule has 1 amide bonds. The van der Waals surface area contributed by atoms with E-state index in [1.807, 2.05) is 6.92 Å². The van der Waals surface area contributed by atoms with Crippen LogP contribution in [0.4, 0.5) is 0 Å². The molecule has 0 aliphatic carbocycles. The lowest BCUT2D eigenvalue weighted by atomic mass is 10.1. The molecule has 0 radical (unpaired) electrons. The molecule has 5 nitrogen and oxygen atoms in total. The number of nitrogens with one attached hydrogen (secondary N) is 1. The maximum absolute atomic E-state index is 12.1. The average Bonchev–Trinajstić information content (AvgIpc) is 2.27. The Hall–Kier alpha value is -0.910. The second-order valence-corrected chi connectivity index (χ2v) is 6.49. The molecule has 0 heterocycles. The molecule has 0 saturated heterocycles. The van der Waals surface area contributed by atoms with E-state index < -0.39 is 27.3 Å². The fraction of sp³-hybridized carbons (Fsp3) is 0.833. The zero-order valence-corrected chi connectivity index (χ0v) is 12.3. The first-order chi connectivity index (χ1) is 8.32. The van der Waals surface area contributed by atoms with E-state index >= 15 is 0 Å². The van der Waals surface area contributed by atoms with Crippen LogP contribution in [0.5, 0.6) is 0 Å². The molecule has 0 aliphatic rings. The number of hydrogen-bond acceptors (Lipinski definition) is 3. The largest absolute Gasteiger partial charge is 0.480 e. The van der Waals surface area contributed by atoms with Crippen LogP contribution in [0.3, 0.4) is 0 Å². The zero-order chi connectivity index (χ0) is 14.3. The molecule has 6 heteroatoms. The molecule has 0 aromatic rings. The van der Waals surface area contributed by atoms with Crippen LogP contribution in [-0.2, 0) is 20.4 Å². The van der Waals surface area contributed by atoms with Crippen molar-refractivity contribution in [1.82, 2.24) is 5.32 Å². The van der Waals surface area contributed by atoms with E-state index in [4.69, 9.17) is 5.11 Å². The number of carbonyl (C=O) groups excluding carboxylic acids is 1. The van der Waals surface area contributed by atoms with Gasteiger partial charge in [0.15, 0.2) is 0 Å². The molecule has 106 valence electrons. The van der Waals surface area contributed by atoms with Gasteiger partial charge < -0.3 is 10.4 Å². The number of rotatable bonds is 8. The normalized spacial score (nSPS) is 16.1. The number of amides is 1. The van der Waals surface area contributed by atoms with E-state index in [9.17, 15) is 13.8 Å². The van der Waals surface area contributed by atoms with Crippen molar-refractivity contribution >= 4 is 22.7 Å². The van der Waals surface area contributed by atoms with Crippen molar-refractivity contribution in [2.24, 2.45) is 5.92 Å². The fourth-order valence-electron chi connectivity index (χ4n) is 1.51. The summed E-state index contributed by atoms with van der Waals surface area (Å²) in [5, 5.41) is 9.90. The van der Waals surface area contributed by atoms with Gasteiger partial charge in [-0.25, -0.2) is 0 Å². The minimum atomic E-state index is -1.71. The summed E-state index contributed by atoms with van der Waals surface area (Å²) in [6.07, 6.45) is 1.82. The van der Waals surface area contributed by atoms with Gasteiger partial charge in [0.1, 0.15) is 10.5 Å². The van der Waals surface area contributed by atoms with E-state index in [-0.39, 0.29) is 11.8 Å². The molecule has 0 aliphatic heterocycles. The summed E-state index contributed by atoms with van der Waals surface area (Å²) in [5.41, 5.74) is 0. The number of unbranched alkanes of at least 4 members (excludes halogenated alkanes) is 1. The smallest absolute Gasteiger partial charge is 0.319 e. The number of hydrogen-bond donors (Lipinski definition) is 2. The molecule has 0 aromatic carbocycles. The van der Waals surface area contributed by atoms with Crippen LogP contribution in [0.1, 0.15) is 40.5 Å². The fourth-order valence-corrected chi connectivity index (χ4v) is 2.98. The van der Waals surface area contributed by atoms with E-state index in [2.05, 4.69) is 5.32 Å². The summed E-state index contributed by atoms with van der Waals surface area (Å²) in [5.74, 6) is -1.72. The first kappa shape index (κ1) is 17.1. The summed E-state index contributed by atoms with van der Waals surface area (Å²) < 4.78 is 12.1. The Labute approximate surface area is 111 Å². The molecule has 3 atom stereocenters. The highest BCUT2D eigenvalue weighted by molar-refractivity contribution is 7.87. The third-order valence-electron chi connectivity index (χ3n) is 2.65. The minimum absolute atomic E-state index is 0.269. The van der Waals surface area contributed by atoms with Gasteiger partial charge in [0, 0.05) is 17.3 Å². The monoisotopic (exact) mass is 277 g/mol. The average molecular weight is 277 g/mol. The van der Waals surface area contributed by atoms with Crippen LogP contribution in [0.15, 0.2) is 0 Å². The van der Waals surface area contributed by atoms with E-state index in [1.54, 1.807) is 13.8 Å². The number of carbonyl (C=O) groups is 2. The third kappa shape index (κ3) is 5.16. The van der Waals surface area contributed by atoms with Crippen LogP contribution in [0.25, 0.3) is 0 Å². The van der Waals surface area contributed by atoms with Crippen molar-refractivity contribution in [2.75, 3.05) is 6.54 Å². The topological polar surface area (TPSA) is 83.5 Å². The van der Waals surface area contributed by atoms with Crippen LogP contribution in [0.2, 0.25) is 0 Å².